The van der Waals surface area contributed by atoms with Gasteiger partial charge in [-0.3, -0.25) is 0 Å². The van der Waals surface area contributed by atoms with Crippen molar-refractivity contribution in [2.24, 2.45) is 5.73 Å². The van der Waals surface area contributed by atoms with Gasteiger partial charge in [0.05, 0.1) is 14.2 Å². The van der Waals surface area contributed by atoms with Gasteiger partial charge in [-0.25, -0.2) is 0 Å². The van der Waals surface area contributed by atoms with Crippen LogP contribution in [0.3, 0.4) is 0 Å². The lowest BCUT2D eigenvalue weighted by molar-refractivity contribution is 0.386. The molecule has 1 rings (SSSR count). The molecule has 0 heterocycles. The van der Waals surface area contributed by atoms with E-state index in [0.29, 0.717) is 0 Å². The molecule has 1 atom stereocenters. The highest BCUT2D eigenvalue weighted by Crippen LogP contribution is 2.30. The molecule has 2 N–H and O–H groups in total. The first-order valence-corrected chi connectivity index (χ1v) is 8.20. The van der Waals surface area contributed by atoms with E-state index in [0.717, 1.165) is 23.5 Å². The summed E-state index contributed by atoms with van der Waals surface area (Å²) in [6, 6.07) is 5.91. The molecule has 0 aliphatic carbocycles. The van der Waals surface area contributed by atoms with E-state index in [1.54, 1.807) is 14.2 Å². The number of benzene rings is 1. The van der Waals surface area contributed by atoms with Crippen LogP contribution < -0.4 is 15.2 Å². The van der Waals surface area contributed by atoms with Crippen molar-refractivity contribution in [1.82, 2.24) is 0 Å². The van der Waals surface area contributed by atoms with Crippen molar-refractivity contribution in [3.63, 3.8) is 0 Å². The molecule has 1 aromatic carbocycles. The number of ether oxygens (including phenoxy) is 2. The average molecular weight is 293 g/mol. The molecule has 21 heavy (non-hydrogen) atoms. The molecule has 3 nitrogen and oxygen atoms in total. The Morgan fingerprint density at radius 3 is 2.24 bits per heavy atom. The van der Waals surface area contributed by atoms with Crippen LogP contribution in [-0.2, 0) is 0 Å². The van der Waals surface area contributed by atoms with Crippen LogP contribution in [0.5, 0.6) is 11.5 Å². The molecule has 0 amide bonds. The molecule has 0 fully saturated rings. The van der Waals surface area contributed by atoms with Gasteiger partial charge in [-0.05, 0) is 12.5 Å². The van der Waals surface area contributed by atoms with E-state index in [2.05, 4.69) is 6.92 Å². The zero-order valence-electron chi connectivity index (χ0n) is 13.9. The van der Waals surface area contributed by atoms with E-state index in [4.69, 9.17) is 15.2 Å². The number of methoxy groups -OCH3 is 2. The highest BCUT2D eigenvalue weighted by Gasteiger charge is 2.12. The highest BCUT2D eigenvalue weighted by atomic mass is 16.5. The largest absolute Gasteiger partial charge is 0.497 e. The fourth-order valence-electron chi connectivity index (χ4n) is 2.60. The van der Waals surface area contributed by atoms with Gasteiger partial charge in [0.2, 0.25) is 0 Å². The van der Waals surface area contributed by atoms with Crippen LogP contribution in [0.1, 0.15) is 69.9 Å². The molecule has 1 unspecified atom stereocenters. The zero-order chi connectivity index (χ0) is 15.5. The number of nitrogens with two attached hydrogens (primary N) is 1. The molecule has 0 aliphatic heterocycles. The summed E-state index contributed by atoms with van der Waals surface area (Å²) in [5, 5.41) is 0. The Balaban J connectivity index is 2.36. The van der Waals surface area contributed by atoms with Gasteiger partial charge in [0.1, 0.15) is 11.5 Å². The average Bonchev–Trinajstić information content (AvgIpc) is 2.53. The minimum absolute atomic E-state index is 0.0431. The van der Waals surface area contributed by atoms with Crippen LogP contribution in [-0.4, -0.2) is 14.2 Å². The van der Waals surface area contributed by atoms with Gasteiger partial charge >= 0.3 is 0 Å². The maximum atomic E-state index is 6.30. The third-order valence-electron chi connectivity index (χ3n) is 3.96. The van der Waals surface area contributed by atoms with Gasteiger partial charge in [0.25, 0.3) is 0 Å². The predicted octanol–water partition coefficient (Wildman–Crippen LogP) is 4.84. The van der Waals surface area contributed by atoms with E-state index >= 15 is 0 Å². The zero-order valence-corrected chi connectivity index (χ0v) is 13.9. The van der Waals surface area contributed by atoms with E-state index in [9.17, 15) is 0 Å². The highest BCUT2D eigenvalue weighted by molar-refractivity contribution is 5.42. The monoisotopic (exact) mass is 293 g/mol. The minimum Gasteiger partial charge on any atom is -0.497 e. The molecule has 0 saturated heterocycles. The van der Waals surface area contributed by atoms with Crippen LogP contribution in [0.2, 0.25) is 0 Å². The van der Waals surface area contributed by atoms with Gasteiger partial charge in [0.15, 0.2) is 0 Å². The lowest BCUT2D eigenvalue weighted by Gasteiger charge is -2.16. The Kier molecular flexibility index (Phi) is 8.91. The van der Waals surface area contributed by atoms with E-state index in [1.807, 2.05) is 18.2 Å². The Morgan fingerprint density at radius 1 is 0.952 bits per heavy atom. The number of hydrogen-bond donors (Lipinski definition) is 1. The van der Waals surface area contributed by atoms with E-state index in [1.165, 1.54) is 44.9 Å². The lowest BCUT2D eigenvalue weighted by atomic mass is 9.99. The van der Waals surface area contributed by atoms with Crippen molar-refractivity contribution in [2.75, 3.05) is 14.2 Å². The smallest absolute Gasteiger partial charge is 0.127 e. The van der Waals surface area contributed by atoms with Crippen molar-refractivity contribution in [3.8, 4) is 11.5 Å². The summed E-state index contributed by atoms with van der Waals surface area (Å²) in [7, 11) is 3.34. The van der Waals surface area contributed by atoms with Crippen LogP contribution >= 0.6 is 0 Å². The summed E-state index contributed by atoms with van der Waals surface area (Å²) in [4.78, 5) is 0. The normalized spacial score (nSPS) is 12.2. The molecule has 0 bridgehead atoms. The van der Waals surface area contributed by atoms with Crippen LogP contribution in [0, 0.1) is 0 Å². The van der Waals surface area contributed by atoms with E-state index < -0.39 is 0 Å². The fourth-order valence-corrected chi connectivity index (χ4v) is 2.60. The van der Waals surface area contributed by atoms with Crippen molar-refractivity contribution in [1.29, 1.82) is 0 Å². The second-order valence-electron chi connectivity index (χ2n) is 5.62. The van der Waals surface area contributed by atoms with E-state index in [-0.39, 0.29) is 6.04 Å². The topological polar surface area (TPSA) is 44.5 Å². The summed E-state index contributed by atoms with van der Waals surface area (Å²) in [5.74, 6) is 1.63. The SMILES string of the molecule is CCCCCCCCCC(N)c1ccc(OC)cc1OC. The van der Waals surface area contributed by atoms with Crippen LogP contribution in [0.25, 0.3) is 0 Å². The molecular weight excluding hydrogens is 262 g/mol. The lowest BCUT2D eigenvalue weighted by Crippen LogP contribution is -2.11. The molecule has 0 aliphatic rings. The van der Waals surface area contributed by atoms with Crippen molar-refractivity contribution in [2.45, 2.75) is 64.3 Å². The first-order valence-electron chi connectivity index (χ1n) is 8.20. The molecule has 0 spiro atoms. The van der Waals surface area contributed by atoms with Crippen LogP contribution in [0.4, 0.5) is 0 Å². The first kappa shape index (κ1) is 17.8. The standard InChI is InChI=1S/C18H31NO2/c1-4-5-6-7-8-9-10-11-17(19)16-13-12-15(20-2)14-18(16)21-3/h12-14,17H,4-11,19H2,1-3H3. The quantitative estimate of drug-likeness (QED) is 0.593. The predicted molar refractivity (Wildman–Crippen MR) is 89.1 cm³/mol. The summed E-state index contributed by atoms with van der Waals surface area (Å²) < 4.78 is 10.6. The molecule has 1 aromatic rings. The third-order valence-corrected chi connectivity index (χ3v) is 3.96. The second-order valence-corrected chi connectivity index (χ2v) is 5.62. The molecule has 0 radical (unpaired) electrons. The molecule has 0 aromatic heterocycles. The van der Waals surface area contributed by atoms with Crippen molar-refractivity contribution < 1.29 is 9.47 Å². The van der Waals surface area contributed by atoms with Gasteiger partial charge in [-0.1, -0.05) is 57.9 Å². The fraction of sp³-hybridized carbons (Fsp3) is 0.667. The van der Waals surface area contributed by atoms with Crippen molar-refractivity contribution in [3.05, 3.63) is 23.8 Å². The summed E-state index contributed by atoms with van der Waals surface area (Å²) >= 11 is 0. The van der Waals surface area contributed by atoms with Crippen molar-refractivity contribution >= 4 is 0 Å². The number of hydrogen-bond acceptors (Lipinski definition) is 3. The second kappa shape index (κ2) is 10.5. The summed E-state index contributed by atoms with van der Waals surface area (Å²) in [6.45, 7) is 2.25. The Labute approximate surface area is 129 Å². The Hall–Kier alpha value is -1.22. The maximum Gasteiger partial charge on any atom is 0.127 e. The van der Waals surface area contributed by atoms with Gasteiger partial charge in [0, 0.05) is 17.7 Å². The molecule has 120 valence electrons. The molecular formula is C18H31NO2. The Bertz CT molecular complexity index is 393. The summed E-state index contributed by atoms with van der Waals surface area (Å²) in [5.41, 5.74) is 7.38. The third kappa shape index (κ3) is 6.38. The minimum atomic E-state index is 0.0431. The maximum absolute atomic E-state index is 6.30. The number of rotatable bonds is 11. The van der Waals surface area contributed by atoms with Gasteiger partial charge in [-0.15, -0.1) is 0 Å². The van der Waals surface area contributed by atoms with Crippen LogP contribution in [0.15, 0.2) is 18.2 Å². The van der Waals surface area contributed by atoms with Gasteiger partial charge in [-0.2, -0.15) is 0 Å². The first-order chi connectivity index (χ1) is 10.2. The number of unbranched alkanes of at least 4 members (excludes halogenated alkanes) is 6. The van der Waals surface area contributed by atoms with Gasteiger partial charge < -0.3 is 15.2 Å². The Morgan fingerprint density at radius 2 is 1.62 bits per heavy atom. The molecule has 3 heteroatoms. The summed E-state index contributed by atoms with van der Waals surface area (Å²) in [6.07, 6.45) is 10.2. The molecule has 0 saturated carbocycles.